The summed E-state index contributed by atoms with van der Waals surface area (Å²) < 4.78 is 0. The summed E-state index contributed by atoms with van der Waals surface area (Å²) in [6, 6.07) is 16.8. The van der Waals surface area contributed by atoms with Crippen molar-refractivity contribution in [3.8, 4) is 0 Å². The molecule has 0 unspecified atom stereocenters. The van der Waals surface area contributed by atoms with Crippen molar-refractivity contribution in [2.24, 2.45) is 0 Å². The highest BCUT2D eigenvalue weighted by Crippen LogP contribution is 2.20. The monoisotopic (exact) mass is 254 g/mol. The molecule has 0 amide bonds. The first-order chi connectivity index (χ1) is 9.19. The molecule has 0 aliphatic carbocycles. The van der Waals surface area contributed by atoms with Crippen molar-refractivity contribution in [3.63, 3.8) is 0 Å². The van der Waals surface area contributed by atoms with Gasteiger partial charge in [-0.25, -0.2) is 0 Å². The summed E-state index contributed by atoms with van der Waals surface area (Å²) in [4.78, 5) is 2.38. The van der Waals surface area contributed by atoms with Gasteiger partial charge in [-0.3, -0.25) is 0 Å². The summed E-state index contributed by atoms with van der Waals surface area (Å²) in [6.07, 6.45) is 1.13. The summed E-state index contributed by atoms with van der Waals surface area (Å²) in [5, 5.41) is 0. The van der Waals surface area contributed by atoms with E-state index in [2.05, 4.69) is 49.1 Å². The van der Waals surface area contributed by atoms with Gasteiger partial charge < -0.3 is 10.6 Å². The van der Waals surface area contributed by atoms with Crippen LogP contribution in [0.4, 0.5) is 11.4 Å². The van der Waals surface area contributed by atoms with Crippen LogP contribution in [-0.4, -0.2) is 6.54 Å². The zero-order valence-electron chi connectivity index (χ0n) is 11.8. The molecular weight excluding hydrogens is 232 g/mol. The van der Waals surface area contributed by atoms with Gasteiger partial charge in [0.15, 0.2) is 0 Å². The molecule has 2 heteroatoms. The van der Waals surface area contributed by atoms with Crippen LogP contribution < -0.4 is 10.6 Å². The lowest BCUT2D eigenvalue weighted by Gasteiger charge is -2.25. The first kappa shape index (κ1) is 13.5. The second-order valence-corrected chi connectivity index (χ2v) is 5.01. The van der Waals surface area contributed by atoms with Gasteiger partial charge >= 0.3 is 0 Å². The Hall–Kier alpha value is -1.96. The third-order valence-electron chi connectivity index (χ3n) is 3.18. The zero-order chi connectivity index (χ0) is 13.7. The van der Waals surface area contributed by atoms with Crippen molar-refractivity contribution in [2.75, 3.05) is 17.2 Å². The van der Waals surface area contributed by atoms with Crippen LogP contribution in [0.15, 0.2) is 48.5 Å². The Morgan fingerprint density at radius 3 is 2.53 bits per heavy atom. The van der Waals surface area contributed by atoms with Crippen LogP contribution in [0.3, 0.4) is 0 Å². The Kier molecular flexibility index (Phi) is 4.45. The first-order valence-electron chi connectivity index (χ1n) is 6.85. The van der Waals surface area contributed by atoms with Gasteiger partial charge in [0.2, 0.25) is 0 Å². The van der Waals surface area contributed by atoms with E-state index in [1.54, 1.807) is 0 Å². The molecule has 2 nitrogen and oxygen atoms in total. The summed E-state index contributed by atoms with van der Waals surface area (Å²) in [5.41, 5.74) is 10.6. The molecule has 0 radical (unpaired) electrons. The minimum absolute atomic E-state index is 0.822. The molecular formula is C17H22N2. The predicted octanol–water partition coefficient (Wildman–Crippen LogP) is 3.99. The maximum absolute atomic E-state index is 5.88. The fraction of sp³-hybridized carbons (Fsp3) is 0.294. The number of benzene rings is 2. The van der Waals surface area contributed by atoms with Crippen LogP contribution in [0.2, 0.25) is 0 Å². The van der Waals surface area contributed by atoms with Crippen LogP contribution in [0.25, 0.3) is 0 Å². The van der Waals surface area contributed by atoms with Crippen LogP contribution in [0.5, 0.6) is 0 Å². The molecule has 0 bridgehead atoms. The quantitative estimate of drug-likeness (QED) is 0.817. The molecule has 0 aliphatic rings. The van der Waals surface area contributed by atoms with Crippen molar-refractivity contribution in [3.05, 3.63) is 59.7 Å². The Morgan fingerprint density at radius 2 is 1.84 bits per heavy atom. The lowest BCUT2D eigenvalue weighted by atomic mass is 10.1. The van der Waals surface area contributed by atoms with Gasteiger partial charge in [0.25, 0.3) is 0 Å². The van der Waals surface area contributed by atoms with Gasteiger partial charge in [-0.1, -0.05) is 42.8 Å². The van der Waals surface area contributed by atoms with Crippen LogP contribution in [0, 0.1) is 6.92 Å². The number of hydrogen-bond acceptors (Lipinski definition) is 2. The van der Waals surface area contributed by atoms with Crippen molar-refractivity contribution < 1.29 is 0 Å². The standard InChI is InChI=1S/C17H22N2/c1-3-10-19(17-9-5-8-16(18)12-17)13-15-7-4-6-14(2)11-15/h4-9,11-12H,3,10,13,18H2,1-2H3. The van der Waals surface area contributed by atoms with Gasteiger partial charge in [0.05, 0.1) is 0 Å². The van der Waals surface area contributed by atoms with Crippen molar-refractivity contribution in [1.29, 1.82) is 0 Å². The van der Waals surface area contributed by atoms with Crippen molar-refractivity contribution in [1.82, 2.24) is 0 Å². The average Bonchev–Trinajstić information content (AvgIpc) is 2.38. The molecule has 0 saturated carbocycles. The Labute approximate surface area is 115 Å². The van der Waals surface area contributed by atoms with Crippen molar-refractivity contribution in [2.45, 2.75) is 26.8 Å². The summed E-state index contributed by atoms with van der Waals surface area (Å²) in [6.45, 7) is 6.31. The normalized spacial score (nSPS) is 10.4. The van der Waals surface area contributed by atoms with E-state index >= 15 is 0 Å². The lowest BCUT2D eigenvalue weighted by Crippen LogP contribution is -2.23. The van der Waals surface area contributed by atoms with Gasteiger partial charge in [0, 0.05) is 24.5 Å². The Balaban J connectivity index is 2.21. The van der Waals surface area contributed by atoms with E-state index < -0.39 is 0 Å². The number of nitrogens with two attached hydrogens (primary N) is 1. The molecule has 100 valence electrons. The minimum Gasteiger partial charge on any atom is -0.399 e. The third-order valence-corrected chi connectivity index (χ3v) is 3.18. The van der Waals surface area contributed by atoms with E-state index in [4.69, 9.17) is 5.73 Å². The smallest absolute Gasteiger partial charge is 0.0429 e. The number of nitrogens with zero attached hydrogens (tertiary/aromatic N) is 1. The summed E-state index contributed by atoms with van der Waals surface area (Å²) in [7, 11) is 0. The van der Waals surface area contributed by atoms with Crippen LogP contribution in [-0.2, 0) is 6.54 Å². The van der Waals surface area contributed by atoms with Crippen molar-refractivity contribution >= 4 is 11.4 Å². The number of anilines is 2. The summed E-state index contributed by atoms with van der Waals surface area (Å²) >= 11 is 0. The van der Waals surface area contributed by atoms with E-state index in [0.717, 1.165) is 25.2 Å². The molecule has 19 heavy (non-hydrogen) atoms. The maximum Gasteiger partial charge on any atom is 0.0429 e. The Bertz CT molecular complexity index is 534. The van der Waals surface area contributed by atoms with Gasteiger partial charge in [0.1, 0.15) is 0 Å². The Morgan fingerprint density at radius 1 is 1.05 bits per heavy atom. The number of aryl methyl sites for hydroxylation is 1. The molecule has 0 aromatic heterocycles. The van der Waals surface area contributed by atoms with Gasteiger partial charge in [-0.2, -0.15) is 0 Å². The van der Waals surface area contributed by atoms with E-state index in [0.29, 0.717) is 0 Å². The van der Waals surface area contributed by atoms with Crippen LogP contribution in [0.1, 0.15) is 24.5 Å². The predicted molar refractivity (Wildman–Crippen MR) is 83.4 cm³/mol. The highest BCUT2D eigenvalue weighted by molar-refractivity contribution is 5.56. The first-order valence-corrected chi connectivity index (χ1v) is 6.85. The molecule has 2 N–H and O–H groups in total. The molecule has 0 fully saturated rings. The molecule has 0 heterocycles. The van der Waals surface area contributed by atoms with Gasteiger partial charge in [-0.15, -0.1) is 0 Å². The molecule has 0 aliphatic heterocycles. The van der Waals surface area contributed by atoms with Gasteiger partial charge in [-0.05, 0) is 37.1 Å². The molecule has 0 spiro atoms. The maximum atomic E-state index is 5.88. The van der Waals surface area contributed by atoms with E-state index in [-0.39, 0.29) is 0 Å². The van der Waals surface area contributed by atoms with E-state index in [1.165, 1.54) is 16.8 Å². The zero-order valence-corrected chi connectivity index (χ0v) is 11.8. The molecule has 2 rings (SSSR count). The molecule has 0 saturated heterocycles. The lowest BCUT2D eigenvalue weighted by molar-refractivity contribution is 0.767. The second kappa shape index (κ2) is 6.28. The summed E-state index contributed by atoms with van der Waals surface area (Å²) in [5.74, 6) is 0. The topological polar surface area (TPSA) is 29.3 Å². The largest absolute Gasteiger partial charge is 0.399 e. The van der Waals surface area contributed by atoms with E-state index in [1.807, 2.05) is 18.2 Å². The fourth-order valence-corrected chi connectivity index (χ4v) is 2.32. The van der Waals surface area contributed by atoms with Crippen LogP contribution >= 0.6 is 0 Å². The number of hydrogen-bond donors (Lipinski definition) is 1. The molecule has 2 aromatic rings. The second-order valence-electron chi connectivity index (χ2n) is 5.01. The third kappa shape index (κ3) is 3.75. The number of nitrogen functional groups attached to an aromatic ring is 1. The highest BCUT2D eigenvalue weighted by Gasteiger charge is 2.07. The minimum atomic E-state index is 0.822. The van der Waals surface area contributed by atoms with E-state index in [9.17, 15) is 0 Å². The molecule has 0 atom stereocenters. The fourth-order valence-electron chi connectivity index (χ4n) is 2.32. The average molecular weight is 254 g/mol. The number of rotatable bonds is 5. The molecule has 2 aromatic carbocycles. The SMILES string of the molecule is CCCN(Cc1cccc(C)c1)c1cccc(N)c1. The highest BCUT2D eigenvalue weighted by atomic mass is 15.1.